The first-order chi connectivity index (χ1) is 7.70. The zero-order valence-electron chi connectivity index (χ0n) is 8.82. The van der Waals surface area contributed by atoms with E-state index >= 15 is 0 Å². The first kappa shape index (κ1) is 11.1. The van der Waals surface area contributed by atoms with Crippen molar-refractivity contribution in [3.05, 3.63) is 40.4 Å². The SMILES string of the molecule is N#Cc1cc(F)ccc1C1CCN([O-])CC1. The number of rotatable bonds is 1. The number of nitriles is 1. The van der Waals surface area contributed by atoms with Gasteiger partial charge in [-0.25, -0.2) is 4.39 Å². The van der Waals surface area contributed by atoms with Crippen LogP contribution in [0.1, 0.15) is 29.9 Å². The summed E-state index contributed by atoms with van der Waals surface area (Å²) in [4.78, 5) is 0. The number of hydrogen-bond acceptors (Lipinski definition) is 3. The van der Waals surface area contributed by atoms with E-state index in [2.05, 4.69) is 0 Å². The Kier molecular flexibility index (Phi) is 3.18. The summed E-state index contributed by atoms with van der Waals surface area (Å²) in [6.07, 6.45) is 1.48. The van der Waals surface area contributed by atoms with Crippen LogP contribution in [-0.2, 0) is 0 Å². The Balaban J connectivity index is 2.24. The van der Waals surface area contributed by atoms with E-state index in [1.165, 1.54) is 12.1 Å². The van der Waals surface area contributed by atoms with E-state index in [1.54, 1.807) is 6.07 Å². The highest BCUT2D eigenvalue weighted by molar-refractivity contribution is 5.40. The zero-order chi connectivity index (χ0) is 11.5. The molecule has 0 N–H and O–H groups in total. The summed E-state index contributed by atoms with van der Waals surface area (Å²) < 4.78 is 13.0. The third-order valence-electron chi connectivity index (χ3n) is 3.03. The highest BCUT2D eigenvalue weighted by Crippen LogP contribution is 2.30. The van der Waals surface area contributed by atoms with E-state index in [1.807, 2.05) is 6.07 Å². The van der Waals surface area contributed by atoms with Crippen LogP contribution in [0.2, 0.25) is 0 Å². The van der Waals surface area contributed by atoms with E-state index in [0.717, 1.165) is 23.5 Å². The van der Waals surface area contributed by atoms with Crippen LogP contribution in [0.5, 0.6) is 0 Å². The van der Waals surface area contributed by atoms with Crippen LogP contribution in [0, 0.1) is 22.4 Å². The number of hydroxylamine groups is 2. The first-order valence-electron chi connectivity index (χ1n) is 5.32. The zero-order valence-corrected chi connectivity index (χ0v) is 8.82. The van der Waals surface area contributed by atoms with E-state index in [9.17, 15) is 9.60 Å². The van der Waals surface area contributed by atoms with Crippen molar-refractivity contribution >= 4 is 0 Å². The van der Waals surface area contributed by atoms with Gasteiger partial charge in [-0.1, -0.05) is 6.07 Å². The van der Waals surface area contributed by atoms with Gasteiger partial charge in [0.1, 0.15) is 5.82 Å². The van der Waals surface area contributed by atoms with Gasteiger partial charge in [0.25, 0.3) is 0 Å². The third kappa shape index (κ3) is 2.21. The highest BCUT2D eigenvalue weighted by atomic mass is 19.1. The maximum Gasteiger partial charge on any atom is 0.124 e. The van der Waals surface area contributed by atoms with Crippen molar-refractivity contribution < 1.29 is 4.39 Å². The normalized spacial score (nSPS) is 18.3. The van der Waals surface area contributed by atoms with Gasteiger partial charge in [-0.15, -0.1) is 0 Å². The molecule has 1 aromatic carbocycles. The molecule has 3 nitrogen and oxygen atoms in total. The van der Waals surface area contributed by atoms with Crippen LogP contribution < -0.4 is 0 Å². The van der Waals surface area contributed by atoms with Gasteiger partial charge in [0.15, 0.2) is 0 Å². The summed E-state index contributed by atoms with van der Waals surface area (Å²) in [7, 11) is 0. The molecule has 1 heterocycles. The molecule has 0 unspecified atom stereocenters. The molecule has 0 aliphatic carbocycles. The molecule has 0 saturated carbocycles. The highest BCUT2D eigenvalue weighted by Gasteiger charge is 2.19. The Morgan fingerprint density at radius 2 is 2.06 bits per heavy atom. The van der Waals surface area contributed by atoms with Crippen molar-refractivity contribution in [2.45, 2.75) is 18.8 Å². The second-order valence-corrected chi connectivity index (χ2v) is 4.05. The number of benzene rings is 1. The first-order valence-corrected chi connectivity index (χ1v) is 5.32. The second kappa shape index (κ2) is 4.60. The Morgan fingerprint density at radius 1 is 1.38 bits per heavy atom. The van der Waals surface area contributed by atoms with Crippen LogP contribution in [0.3, 0.4) is 0 Å². The molecule has 84 valence electrons. The average molecular weight is 219 g/mol. The molecule has 0 amide bonds. The molecule has 1 saturated heterocycles. The topological polar surface area (TPSA) is 50.1 Å². The lowest BCUT2D eigenvalue weighted by Crippen LogP contribution is -2.28. The fraction of sp³-hybridized carbons (Fsp3) is 0.417. The molecule has 0 bridgehead atoms. The Morgan fingerprint density at radius 3 is 2.69 bits per heavy atom. The fourth-order valence-corrected chi connectivity index (χ4v) is 2.15. The minimum Gasteiger partial charge on any atom is -0.785 e. The quantitative estimate of drug-likeness (QED) is 0.728. The average Bonchev–Trinajstić information content (AvgIpc) is 2.30. The van der Waals surface area contributed by atoms with Crippen molar-refractivity contribution in [1.29, 1.82) is 5.26 Å². The van der Waals surface area contributed by atoms with Gasteiger partial charge in [-0.2, -0.15) is 5.26 Å². The summed E-state index contributed by atoms with van der Waals surface area (Å²) in [6.45, 7) is 0.986. The van der Waals surface area contributed by atoms with Gasteiger partial charge >= 0.3 is 0 Å². The van der Waals surface area contributed by atoms with E-state index < -0.39 is 0 Å². The van der Waals surface area contributed by atoms with Gasteiger partial charge in [0.05, 0.1) is 11.6 Å². The Labute approximate surface area is 93.7 Å². The molecular weight excluding hydrogens is 207 g/mol. The molecule has 0 aromatic heterocycles. The number of hydrogen-bond donors (Lipinski definition) is 0. The van der Waals surface area contributed by atoms with Crippen LogP contribution in [-0.4, -0.2) is 18.2 Å². The van der Waals surface area contributed by atoms with E-state index in [0.29, 0.717) is 18.7 Å². The van der Waals surface area contributed by atoms with Crippen molar-refractivity contribution in [3.8, 4) is 6.07 Å². The Bertz CT molecular complexity index is 420. The second-order valence-electron chi connectivity index (χ2n) is 4.05. The van der Waals surface area contributed by atoms with Crippen molar-refractivity contribution in [2.24, 2.45) is 0 Å². The monoisotopic (exact) mass is 219 g/mol. The largest absolute Gasteiger partial charge is 0.785 e. The molecule has 16 heavy (non-hydrogen) atoms. The Hall–Kier alpha value is -1.44. The van der Waals surface area contributed by atoms with Crippen molar-refractivity contribution in [1.82, 2.24) is 5.06 Å². The lowest BCUT2D eigenvalue weighted by Gasteiger charge is -2.36. The molecule has 1 fully saturated rings. The number of piperidine rings is 1. The standard InChI is InChI=1S/C12H12FN2O/c13-11-1-2-12(10(7-11)8-14)9-3-5-15(16)6-4-9/h1-2,7,9H,3-6H2/q-1. The smallest absolute Gasteiger partial charge is 0.124 e. The maximum absolute atomic E-state index is 13.0. The summed E-state index contributed by atoms with van der Waals surface area (Å²) in [5, 5.41) is 21.0. The number of nitrogens with zero attached hydrogens (tertiary/aromatic N) is 2. The van der Waals surface area contributed by atoms with E-state index in [4.69, 9.17) is 5.26 Å². The van der Waals surface area contributed by atoms with Gasteiger partial charge in [0.2, 0.25) is 0 Å². The summed E-state index contributed by atoms with van der Waals surface area (Å²) >= 11 is 0. The molecule has 1 aliphatic heterocycles. The number of halogens is 1. The van der Waals surface area contributed by atoms with Crippen molar-refractivity contribution in [2.75, 3.05) is 13.1 Å². The van der Waals surface area contributed by atoms with Gasteiger partial charge < -0.3 is 10.3 Å². The summed E-state index contributed by atoms with van der Waals surface area (Å²) in [5.41, 5.74) is 1.27. The van der Waals surface area contributed by atoms with Gasteiger partial charge in [0, 0.05) is 0 Å². The molecule has 1 aliphatic rings. The molecule has 1 aromatic rings. The molecular formula is C12H12FN2O-. The van der Waals surface area contributed by atoms with E-state index in [-0.39, 0.29) is 11.7 Å². The molecule has 0 atom stereocenters. The summed E-state index contributed by atoms with van der Waals surface area (Å²) in [5.74, 6) is -0.179. The predicted octanol–water partition coefficient (Wildman–Crippen LogP) is 2.37. The van der Waals surface area contributed by atoms with Crippen LogP contribution in [0.25, 0.3) is 0 Å². The molecule has 0 spiro atoms. The van der Waals surface area contributed by atoms with Crippen molar-refractivity contribution in [3.63, 3.8) is 0 Å². The van der Waals surface area contributed by atoms with Crippen LogP contribution in [0.15, 0.2) is 18.2 Å². The van der Waals surface area contributed by atoms with Crippen LogP contribution >= 0.6 is 0 Å². The lowest BCUT2D eigenvalue weighted by molar-refractivity contribution is 0.285. The summed E-state index contributed by atoms with van der Waals surface area (Å²) in [6, 6.07) is 6.32. The minimum absolute atomic E-state index is 0.209. The van der Waals surface area contributed by atoms with Crippen LogP contribution in [0.4, 0.5) is 4.39 Å². The molecule has 2 rings (SSSR count). The minimum atomic E-state index is -0.387. The molecule has 4 heteroatoms. The van der Waals surface area contributed by atoms with Gasteiger partial charge in [-0.3, -0.25) is 0 Å². The van der Waals surface area contributed by atoms with Gasteiger partial charge in [-0.05, 0) is 49.5 Å². The predicted molar refractivity (Wildman–Crippen MR) is 58.0 cm³/mol. The fourth-order valence-electron chi connectivity index (χ4n) is 2.15. The lowest BCUT2D eigenvalue weighted by atomic mass is 9.87. The molecule has 0 radical (unpaired) electrons. The third-order valence-corrected chi connectivity index (χ3v) is 3.03. The maximum atomic E-state index is 13.0.